The predicted molar refractivity (Wildman–Crippen MR) is 72.2 cm³/mol. The lowest BCUT2D eigenvalue weighted by Crippen LogP contribution is -2.39. The van der Waals surface area contributed by atoms with Crippen LogP contribution in [-0.4, -0.2) is 37.4 Å². The van der Waals surface area contributed by atoms with Crippen LogP contribution in [-0.2, 0) is 4.79 Å². The number of rotatable bonds is 5. The number of hydrogen-bond acceptors (Lipinski definition) is 4. The fourth-order valence-electron chi connectivity index (χ4n) is 2.27. The van der Waals surface area contributed by atoms with E-state index < -0.39 is 5.97 Å². The summed E-state index contributed by atoms with van der Waals surface area (Å²) in [5.74, 6) is 0.849. The van der Waals surface area contributed by atoms with Crippen molar-refractivity contribution in [3.8, 4) is 11.5 Å². The highest BCUT2D eigenvalue weighted by atomic mass is 16.5. The highest BCUT2D eigenvalue weighted by Gasteiger charge is 2.23. The standard InChI is InChI=1S/C14H19NO4/c1-10-9-15(7-3-4-14(16)17)12-8-11(18-2)5-6-13(12)19-10/h5-6,8,10H,3-4,7,9H2,1-2H3,(H,16,17). The van der Waals surface area contributed by atoms with Gasteiger partial charge in [-0.05, 0) is 25.5 Å². The molecule has 104 valence electrons. The third-order valence-corrected chi connectivity index (χ3v) is 3.13. The lowest BCUT2D eigenvalue weighted by atomic mass is 10.1. The molecule has 1 aromatic rings. The van der Waals surface area contributed by atoms with Crippen molar-refractivity contribution in [3.05, 3.63) is 18.2 Å². The number of hydrogen-bond donors (Lipinski definition) is 1. The molecule has 1 unspecified atom stereocenters. The maximum atomic E-state index is 10.6. The minimum absolute atomic E-state index is 0.103. The van der Waals surface area contributed by atoms with Crippen LogP contribution in [0.25, 0.3) is 0 Å². The monoisotopic (exact) mass is 265 g/mol. The smallest absolute Gasteiger partial charge is 0.303 e. The lowest BCUT2D eigenvalue weighted by Gasteiger charge is -2.35. The predicted octanol–water partition coefficient (Wildman–Crippen LogP) is 2.15. The number of methoxy groups -OCH3 is 1. The van der Waals surface area contributed by atoms with Crippen molar-refractivity contribution >= 4 is 11.7 Å². The number of fused-ring (bicyclic) bond motifs is 1. The van der Waals surface area contributed by atoms with E-state index in [1.54, 1.807) is 7.11 Å². The van der Waals surface area contributed by atoms with Crippen LogP contribution in [0.4, 0.5) is 5.69 Å². The zero-order valence-corrected chi connectivity index (χ0v) is 11.3. The number of aliphatic carboxylic acids is 1. The summed E-state index contributed by atoms with van der Waals surface area (Å²) >= 11 is 0. The first-order chi connectivity index (χ1) is 9.10. The van der Waals surface area contributed by atoms with Gasteiger partial charge in [0.05, 0.1) is 19.3 Å². The number of nitrogens with zero attached hydrogens (tertiary/aromatic N) is 1. The van der Waals surface area contributed by atoms with Gasteiger partial charge in [0.2, 0.25) is 0 Å². The van der Waals surface area contributed by atoms with E-state index in [1.807, 2.05) is 25.1 Å². The Labute approximate surface area is 112 Å². The van der Waals surface area contributed by atoms with E-state index in [0.29, 0.717) is 13.0 Å². The molecule has 2 rings (SSSR count). The van der Waals surface area contributed by atoms with E-state index in [4.69, 9.17) is 14.6 Å². The van der Waals surface area contributed by atoms with Gasteiger partial charge in [-0.2, -0.15) is 0 Å². The van der Waals surface area contributed by atoms with Gasteiger partial charge in [0.1, 0.15) is 17.6 Å². The van der Waals surface area contributed by atoms with Gasteiger partial charge < -0.3 is 19.5 Å². The fraction of sp³-hybridized carbons (Fsp3) is 0.500. The van der Waals surface area contributed by atoms with Crippen molar-refractivity contribution < 1.29 is 19.4 Å². The molecule has 1 aromatic carbocycles. The Morgan fingerprint density at radius 2 is 2.37 bits per heavy atom. The van der Waals surface area contributed by atoms with Crippen molar-refractivity contribution in [2.45, 2.75) is 25.9 Å². The highest BCUT2D eigenvalue weighted by molar-refractivity contribution is 5.67. The fourth-order valence-corrected chi connectivity index (χ4v) is 2.27. The lowest BCUT2D eigenvalue weighted by molar-refractivity contribution is -0.137. The van der Waals surface area contributed by atoms with Crippen molar-refractivity contribution in [2.75, 3.05) is 25.1 Å². The molecule has 1 heterocycles. The van der Waals surface area contributed by atoms with E-state index in [9.17, 15) is 4.79 Å². The minimum atomic E-state index is -0.757. The molecule has 1 atom stereocenters. The Morgan fingerprint density at radius 1 is 1.58 bits per heavy atom. The van der Waals surface area contributed by atoms with E-state index in [0.717, 1.165) is 23.7 Å². The van der Waals surface area contributed by atoms with Gasteiger partial charge in [-0.25, -0.2) is 0 Å². The summed E-state index contributed by atoms with van der Waals surface area (Å²) in [6, 6.07) is 5.70. The Bertz CT molecular complexity index is 461. The zero-order chi connectivity index (χ0) is 13.8. The molecule has 0 fully saturated rings. The number of benzene rings is 1. The van der Waals surface area contributed by atoms with Crippen LogP contribution in [0.1, 0.15) is 19.8 Å². The topological polar surface area (TPSA) is 59.0 Å². The van der Waals surface area contributed by atoms with Crippen molar-refractivity contribution in [3.63, 3.8) is 0 Å². The van der Waals surface area contributed by atoms with Crippen LogP contribution in [0.5, 0.6) is 11.5 Å². The van der Waals surface area contributed by atoms with Gasteiger partial charge in [-0.1, -0.05) is 0 Å². The Balaban J connectivity index is 2.14. The number of carboxylic acids is 1. The first-order valence-electron chi connectivity index (χ1n) is 6.41. The van der Waals surface area contributed by atoms with Crippen LogP contribution >= 0.6 is 0 Å². The largest absolute Gasteiger partial charge is 0.497 e. The Kier molecular flexibility index (Phi) is 4.14. The third kappa shape index (κ3) is 3.30. The Hall–Kier alpha value is -1.91. The van der Waals surface area contributed by atoms with Crippen molar-refractivity contribution in [1.29, 1.82) is 0 Å². The van der Waals surface area contributed by atoms with E-state index in [-0.39, 0.29) is 12.5 Å². The molecule has 0 bridgehead atoms. The average Bonchev–Trinajstić information content (AvgIpc) is 2.37. The summed E-state index contributed by atoms with van der Waals surface area (Å²) in [7, 11) is 1.63. The molecule has 0 saturated heterocycles. The molecule has 0 amide bonds. The second-order valence-corrected chi connectivity index (χ2v) is 4.71. The summed E-state index contributed by atoms with van der Waals surface area (Å²) < 4.78 is 11.0. The summed E-state index contributed by atoms with van der Waals surface area (Å²) in [4.78, 5) is 12.7. The highest BCUT2D eigenvalue weighted by Crippen LogP contribution is 2.36. The van der Waals surface area contributed by atoms with E-state index in [1.165, 1.54) is 0 Å². The Morgan fingerprint density at radius 3 is 3.05 bits per heavy atom. The van der Waals surface area contributed by atoms with Gasteiger partial charge in [-0.15, -0.1) is 0 Å². The zero-order valence-electron chi connectivity index (χ0n) is 11.3. The first-order valence-corrected chi connectivity index (χ1v) is 6.41. The molecule has 1 aliphatic heterocycles. The number of carboxylic acid groups (broad SMARTS) is 1. The first kappa shape index (κ1) is 13.5. The molecule has 1 N–H and O–H groups in total. The third-order valence-electron chi connectivity index (χ3n) is 3.13. The molecular formula is C14H19NO4. The van der Waals surface area contributed by atoms with Crippen LogP contribution in [0.2, 0.25) is 0 Å². The second-order valence-electron chi connectivity index (χ2n) is 4.71. The van der Waals surface area contributed by atoms with Gasteiger partial charge in [0, 0.05) is 19.0 Å². The molecule has 0 aromatic heterocycles. The minimum Gasteiger partial charge on any atom is -0.497 e. The number of anilines is 1. The molecule has 0 aliphatic carbocycles. The molecule has 19 heavy (non-hydrogen) atoms. The molecule has 0 radical (unpaired) electrons. The average molecular weight is 265 g/mol. The molecule has 0 saturated carbocycles. The maximum Gasteiger partial charge on any atom is 0.303 e. The van der Waals surface area contributed by atoms with Crippen LogP contribution in [0.3, 0.4) is 0 Å². The number of carbonyl (C=O) groups is 1. The van der Waals surface area contributed by atoms with Crippen LogP contribution in [0.15, 0.2) is 18.2 Å². The van der Waals surface area contributed by atoms with Crippen molar-refractivity contribution in [1.82, 2.24) is 0 Å². The van der Waals surface area contributed by atoms with E-state index in [2.05, 4.69) is 4.90 Å². The second kappa shape index (κ2) is 5.82. The molecule has 5 heteroatoms. The van der Waals surface area contributed by atoms with Gasteiger partial charge >= 0.3 is 5.97 Å². The molecule has 1 aliphatic rings. The molecular weight excluding hydrogens is 246 g/mol. The van der Waals surface area contributed by atoms with Gasteiger partial charge in [0.25, 0.3) is 0 Å². The summed E-state index contributed by atoms with van der Waals surface area (Å²) in [5, 5.41) is 8.71. The van der Waals surface area contributed by atoms with Crippen molar-refractivity contribution in [2.24, 2.45) is 0 Å². The quantitative estimate of drug-likeness (QED) is 0.884. The molecule has 0 spiro atoms. The van der Waals surface area contributed by atoms with E-state index >= 15 is 0 Å². The SMILES string of the molecule is COc1ccc2c(c1)N(CCCC(=O)O)CC(C)O2. The normalized spacial score (nSPS) is 17.6. The van der Waals surface area contributed by atoms with Crippen LogP contribution in [0, 0.1) is 0 Å². The number of ether oxygens (including phenoxy) is 2. The molecule has 5 nitrogen and oxygen atoms in total. The van der Waals surface area contributed by atoms with Crippen LogP contribution < -0.4 is 14.4 Å². The van der Waals surface area contributed by atoms with Gasteiger partial charge in [0.15, 0.2) is 0 Å². The maximum absolute atomic E-state index is 10.6. The van der Waals surface area contributed by atoms with Gasteiger partial charge in [-0.3, -0.25) is 4.79 Å². The summed E-state index contributed by atoms with van der Waals surface area (Å²) in [6.07, 6.45) is 0.912. The summed E-state index contributed by atoms with van der Waals surface area (Å²) in [5.41, 5.74) is 0.975. The summed E-state index contributed by atoms with van der Waals surface area (Å²) in [6.45, 7) is 3.48.